The van der Waals surface area contributed by atoms with Gasteiger partial charge in [0.05, 0.1) is 5.25 Å². The van der Waals surface area contributed by atoms with E-state index in [0.29, 0.717) is 32.4 Å². The normalized spacial score (nSPS) is 17.6. The zero-order chi connectivity index (χ0) is 12.0. The number of carbonyl (C=O) groups excluding carboxylic acids is 1. The number of amides is 1. The van der Waals surface area contributed by atoms with Gasteiger partial charge in [0.2, 0.25) is 5.91 Å². The van der Waals surface area contributed by atoms with Gasteiger partial charge in [-0.05, 0) is 25.8 Å². The molecular formula is C10H20N2O3S. The van der Waals surface area contributed by atoms with Gasteiger partial charge in [0.25, 0.3) is 0 Å². The Morgan fingerprint density at radius 2 is 1.94 bits per heavy atom. The minimum atomic E-state index is -3.24. The summed E-state index contributed by atoms with van der Waals surface area (Å²) in [5, 5.41) is 2.27. The molecule has 0 atom stereocenters. The van der Waals surface area contributed by atoms with Crippen LogP contribution in [-0.4, -0.2) is 38.4 Å². The molecule has 16 heavy (non-hydrogen) atoms. The second kappa shape index (κ2) is 6.20. The van der Waals surface area contributed by atoms with Crippen LogP contribution < -0.4 is 11.1 Å². The van der Waals surface area contributed by atoms with Gasteiger partial charge < -0.3 is 11.1 Å². The fraction of sp³-hybridized carbons (Fsp3) is 0.900. The monoisotopic (exact) mass is 248 g/mol. The van der Waals surface area contributed by atoms with Crippen LogP contribution in [0.4, 0.5) is 0 Å². The molecule has 3 N–H and O–H groups in total. The largest absolute Gasteiger partial charge is 0.355 e. The minimum Gasteiger partial charge on any atom is -0.355 e. The lowest BCUT2D eigenvalue weighted by atomic mass is 10.4. The van der Waals surface area contributed by atoms with E-state index in [1.54, 1.807) is 0 Å². The molecule has 1 amide bonds. The summed E-state index contributed by atoms with van der Waals surface area (Å²) in [7, 11) is -3.24. The molecule has 0 heterocycles. The van der Waals surface area contributed by atoms with Crippen LogP contribution >= 0.6 is 0 Å². The molecule has 1 fully saturated rings. The molecule has 0 unspecified atom stereocenters. The Morgan fingerprint density at radius 3 is 2.50 bits per heavy atom. The lowest BCUT2D eigenvalue weighted by Gasteiger charge is -2.10. The third-order valence-electron chi connectivity index (χ3n) is 2.85. The van der Waals surface area contributed by atoms with Crippen molar-refractivity contribution < 1.29 is 13.2 Å². The number of hydrogen-bond donors (Lipinski definition) is 2. The molecule has 0 aromatic rings. The average molecular weight is 248 g/mol. The van der Waals surface area contributed by atoms with Crippen LogP contribution in [0.1, 0.15) is 32.1 Å². The Kier molecular flexibility index (Phi) is 5.21. The minimum absolute atomic E-state index is 0.298. The van der Waals surface area contributed by atoms with E-state index in [9.17, 15) is 13.2 Å². The highest BCUT2D eigenvalue weighted by Gasteiger charge is 2.30. The summed E-state index contributed by atoms with van der Waals surface area (Å²) < 4.78 is 23.6. The van der Waals surface area contributed by atoms with Gasteiger partial charge in [-0.3, -0.25) is 4.79 Å². The van der Waals surface area contributed by atoms with E-state index in [1.807, 2.05) is 0 Å². The Bertz CT molecular complexity index is 321. The maximum Gasteiger partial charge on any atom is 0.235 e. The van der Waals surface area contributed by atoms with Gasteiger partial charge in [-0.1, -0.05) is 12.8 Å². The average Bonchev–Trinajstić information content (AvgIpc) is 2.70. The van der Waals surface area contributed by atoms with Gasteiger partial charge in [-0.2, -0.15) is 0 Å². The van der Waals surface area contributed by atoms with Crippen molar-refractivity contribution in [3.05, 3.63) is 0 Å². The van der Waals surface area contributed by atoms with Crippen molar-refractivity contribution in [3.8, 4) is 0 Å². The van der Waals surface area contributed by atoms with Crippen LogP contribution in [-0.2, 0) is 14.6 Å². The van der Waals surface area contributed by atoms with Crippen molar-refractivity contribution in [3.63, 3.8) is 0 Å². The van der Waals surface area contributed by atoms with Crippen LogP contribution in [0.15, 0.2) is 0 Å². The van der Waals surface area contributed by atoms with E-state index in [4.69, 9.17) is 5.73 Å². The third kappa shape index (κ3) is 4.09. The molecule has 0 bridgehead atoms. The molecule has 1 saturated carbocycles. The van der Waals surface area contributed by atoms with Crippen LogP contribution in [0.5, 0.6) is 0 Å². The van der Waals surface area contributed by atoms with Crippen LogP contribution in [0.25, 0.3) is 0 Å². The van der Waals surface area contributed by atoms with Crippen LogP contribution in [0, 0.1) is 0 Å². The smallest absolute Gasteiger partial charge is 0.235 e. The number of sulfone groups is 1. The molecule has 6 heteroatoms. The number of rotatable bonds is 6. The topological polar surface area (TPSA) is 89.3 Å². The van der Waals surface area contributed by atoms with E-state index in [2.05, 4.69) is 5.32 Å². The molecule has 94 valence electrons. The van der Waals surface area contributed by atoms with Gasteiger partial charge in [-0.25, -0.2) is 8.42 Å². The number of nitrogens with one attached hydrogen (secondary N) is 1. The van der Waals surface area contributed by atoms with Gasteiger partial charge in [0.15, 0.2) is 9.84 Å². The van der Waals surface area contributed by atoms with E-state index in [1.165, 1.54) is 0 Å². The Morgan fingerprint density at radius 1 is 1.31 bits per heavy atom. The Balaban J connectivity index is 2.36. The molecule has 0 aliphatic heterocycles. The predicted octanol–water partition coefficient (Wildman–Crippen LogP) is -0.191. The summed E-state index contributed by atoms with van der Waals surface area (Å²) in [5.41, 5.74) is 5.27. The fourth-order valence-corrected chi connectivity index (χ4v) is 3.68. The first kappa shape index (κ1) is 13.4. The molecule has 0 spiro atoms. The van der Waals surface area contributed by atoms with Gasteiger partial charge >= 0.3 is 0 Å². The maximum absolute atomic E-state index is 11.8. The van der Waals surface area contributed by atoms with Crippen molar-refractivity contribution >= 4 is 15.7 Å². The van der Waals surface area contributed by atoms with E-state index in [-0.39, 0.29) is 11.0 Å². The van der Waals surface area contributed by atoms with E-state index >= 15 is 0 Å². The highest BCUT2D eigenvalue weighted by atomic mass is 32.2. The summed E-state index contributed by atoms with van der Waals surface area (Å²) in [6.45, 7) is 0.950. The van der Waals surface area contributed by atoms with Gasteiger partial charge in [0, 0.05) is 6.54 Å². The quantitative estimate of drug-likeness (QED) is 0.638. The summed E-state index contributed by atoms with van der Waals surface area (Å²) >= 11 is 0. The standard InChI is InChI=1S/C10H20N2O3S/c11-6-3-7-12-10(13)8-16(14,15)9-4-1-2-5-9/h9H,1-8,11H2,(H,12,13). The van der Waals surface area contributed by atoms with Crippen LogP contribution in [0.3, 0.4) is 0 Å². The zero-order valence-corrected chi connectivity index (χ0v) is 10.3. The fourth-order valence-electron chi connectivity index (χ4n) is 1.93. The highest BCUT2D eigenvalue weighted by Crippen LogP contribution is 2.24. The second-order valence-electron chi connectivity index (χ2n) is 4.21. The van der Waals surface area contributed by atoms with Crippen molar-refractivity contribution in [2.24, 2.45) is 5.73 Å². The summed E-state index contributed by atoms with van der Waals surface area (Å²) in [4.78, 5) is 11.4. The molecule has 0 saturated heterocycles. The molecule has 5 nitrogen and oxygen atoms in total. The van der Waals surface area contributed by atoms with Crippen LogP contribution in [0.2, 0.25) is 0 Å². The second-order valence-corrected chi connectivity index (χ2v) is 6.49. The summed E-state index contributed by atoms with van der Waals surface area (Å²) in [6.07, 6.45) is 4.00. The SMILES string of the molecule is NCCCNC(=O)CS(=O)(=O)C1CCCC1. The number of carbonyl (C=O) groups is 1. The first-order valence-electron chi connectivity index (χ1n) is 5.74. The molecule has 1 aliphatic carbocycles. The highest BCUT2D eigenvalue weighted by molar-refractivity contribution is 7.92. The van der Waals surface area contributed by atoms with E-state index < -0.39 is 15.7 Å². The number of nitrogens with two attached hydrogens (primary N) is 1. The molecule has 1 aliphatic rings. The maximum atomic E-state index is 11.8. The lowest BCUT2D eigenvalue weighted by molar-refractivity contribution is -0.118. The summed E-state index contributed by atoms with van der Waals surface area (Å²) in [5.74, 6) is -0.775. The van der Waals surface area contributed by atoms with Crippen molar-refractivity contribution in [1.82, 2.24) is 5.32 Å². The molecule has 0 aromatic carbocycles. The first-order chi connectivity index (χ1) is 7.56. The summed E-state index contributed by atoms with van der Waals surface area (Å²) in [6, 6.07) is 0. The number of hydrogen-bond acceptors (Lipinski definition) is 4. The van der Waals surface area contributed by atoms with Gasteiger partial charge in [-0.15, -0.1) is 0 Å². The first-order valence-corrected chi connectivity index (χ1v) is 7.46. The van der Waals surface area contributed by atoms with Crippen molar-refractivity contribution in [2.75, 3.05) is 18.8 Å². The third-order valence-corrected chi connectivity index (χ3v) is 5.00. The van der Waals surface area contributed by atoms with Gasteiger partial charge in [0.1, 0.15) is 5.75 Å². The molecule has 0 aromatic heterocycles. The molecular weight excluding hydrogens is 228 g/mol. The zero-order valence-electron chi connectivity index (χ0n) is 9.44. The van der Waals surface area contributed by atoms with E-state index in [0.717, 1.165) is 12.8 Å². The van der Waals surface area contributed by atoms with Crippen molar-refractivity contribution in [1.29, 1.82) is 0 Å². The van der Waals surface area contributed by atoms with Crippen molar-refractivity contribution in [2.45, 2.75) is 37.4 Å². The predicted molar refractivity (Wildman–Crippen MR) is 62.7 cm³/mol. The molecule has 1 rings (SSSR count). The molecule has 0 radical (unpaired) electrons. The Hall–Kier alpha value is -0.620. The lowest BCUT2D eigenvalue weighted by Crippen LogP contribution is -2.35. The Labute approximate surface area is 96.7 Å².